The zero-order chi connectivity index (χ0) is 55.1. The summed E-state index contributed by atoms with van der Waals surface area (Å²) in [6.07, 6.45) is 5.46. The standard InChI is InChI=1S/C34H40ClN3O6SSi.C21H21N3O5S/c1-34(2,3)46(7,8)44-28-16-13-24(35)18-23(28)19-38-20-27-29(33(38)39)32(43-21-22-11-14-25(42-5)15-12-22)30-26(10-9-17-36-30)31(27)37(4)45(6,40)41;1-24(30(3,26)27)19-15-5-4-10-22-18(15)20(17-16(19)11-23-21(17)25)29-12-13-6-8-14(28-2)9-7-13/h9-18H,19-21H2,1-8H3;4-10H,11-12H2,1-3H3,(H,23,25). The molecule has 0 fully saturated rings. The fourth-order valence-corrected chi connectivity index (χ4v) is 11.0. The van der Waals surface area contributed by atoms with Crippen molar-refractivity contribution in [3.05, 3.63) is 147 Å². The maximum absolute atomic E-state index is 14.4. The summed E-state index contributed by atoms with van der Waals surface area (Å²) in [5.41, 5.74) is 5.94. The largest absolute Gasteiger partial charge is 0.543 e. The first kappa shape index (κ1) is 55.1. The highest BCUT2D eigenvalue weighted by Crippen LogP contribution is 2.47. The van der Waals surface area contributed by atoms with Crippen LogP contribution in [0.4, 0.5) is 11.4 Å². The summed E-state index contributed by atoms with van der Waals surface area (Å²) in [6.45, 7) is 11.8. The summed E-state index contributed by atoms with van der Waals surface area (Å²) < 4.78 is 82.4. The minimum atomic E-state index is -3.69. The van der Waals surface area contributed by atoms with Crippen LogP contribution in [0.25, 0.3) is 21.8 Å². The number of aromatic nitrogens is 2. The molecule has 0 saturated carbocycles. The highest BCUT2D eigenvalue weighted by molar-refractivity contribution is 7.92. The Hall–Kier alpha value is -7.13. The van der Waals surface area contributed by atoms with E-state index in [2.05, 4.69) is 49.1 Å². The van der Waals surface area contributed by atoms with E-state index < -0.39 is 28.4 Å². The lowest BCUT2D eigenvalue weighted by Crippen LogP contribution is -2.44. The van der Waals surface area contributed by atoms with Gasteiger partial charge in [0.05, 0.1) is 49.2 Å². The molecule has 5 aromatic carbocycles. The monoisotopic (exact) mass is 1110 g/mol. The van der Waals surface area contributed by atoms with Crippen molar-refractivity contribution in [1.29, 1.82) is 0 Å². The fraction of sp³-hybridized carbons (Fsp3) is 0.309. The van der Waals surface area contributed by atoms with E-state index in [4.69, 9.17) is 35.0 Å². The zero-order valence-corrected chi connectivity index (χ0v) is 47.7. The topological polar surface area (TPSA) is 196 Å². The molecule has 0 saturated heterocycles. The third kappa shape index (κ3) is 11.2. The Labute approximate surface area is 449 Å². The fourth-order valence-electron chi connectivity index (χ4n) is 8.72. The number of hydrogen-bond donors (Lipinski definition) is 1. The number of pyridine rings is 2. The number of anilines is 2. The number of fused-ring (bicyclic) bond motifs is 4. The number of carbonyl (C=O) groups is 2. The molecule has 0 unspecified atom stereocenters. The summed E-state index contributed by atoms with van der Waals surface area (Å²) >= 11 is 6.46. The molecule has 17 nitrogen and oxygen atoms in total. The lowest BCUT2D eigenvalue weighted by Gasteiger charge is -2.37. The number of hydrogen-bond acceptors (Lipinski definition) is 13. The second kappa shape index (κ2) is 21.5. The van der Waals surface area contributed by atoms with Crippen LogP contribution in [-0.2, 0) is 52.9 Å². The lowest BCUT2D eigenvalue weighted by atomic mass is 10.0. The zero-order valence-electron chi connectivity index (χ0n) is 44.3. The van der Waals surface area contributed by atoms with Gasteiger partial charge in [0, 0.05) is 78.6 Å². The number of carbonyl (C=O) groups excluding carboxylic acids is 2. The molecule has 76 heavy (non-hydrogen) atoms. The molecule has 0 aliphatic carbocycles. The summed E-state index contributed by atoms with van der Waals surface area (Å²) in [5.74, 6) is 2.17. The van der Waals surface area contributed by atoms with Crippen molar-refractivity contribution in [2.45, 2.75) is 71.8 Å². The van der Waals surface area contributed by atoms with E-state index in [1.54, 1.807) is 61.8 Å². The second-order valence-electron chi connectivity index (χ2n) is 20.1. The van der Waals surface area contributed by atoms with E-state index in [1.807, 2.05) is 60.7 Å². The van der Waals surface area contributed by atoms with E-state index in [9.17, 15) is 26.4 Å². The molecule has 0 spiro atoms. The third-order valence-corrected chi connectivity index (χ3v) is 20.9. The van der Waals surface area contributed by atoms with E-state index in [0.717, 1.165) is 35.0 Å². The van der Waals surface area contributed by atoms with Gasteiger partial charge in [-0.15, -0.1) is 0 Å². The molecule has 2 aliphatic heterocycles. The van der Waals surface area contributed by atoms with Gasteiger partial charge < -0.3 is 33.6 Å². The van der Waals surface area contributed by atoms with Crippen LogP contribution in [0.3, 0.4) is 0 Å². The quantitative estimate of drug-likeness (QED) is 0.0899. The van der Waals surface area contributed by atoms with Gasteiger partial charge in [0.2, 0.25) is 28.4 Å². The second-order valence-corrected chi connectivity index (χ2v) is 29.2. The molecule has 2 aromatic heterocycles. The van der Waals surface area contributed by atoms with Crippen LogP contribution in [0.1, 0.15) is 69.3 Å². The molecule has 7 aromatic rings. The van der Waals surface area contributed by atoms with Gasteiger partial charge in [-0.05, 0) is 96.0 Å². The lowest BCUT2D eigenvalue weighted by molar-refractivity contribution is 0.0762. The Morgan fingerprint density at radius 1 is 0.711 bits per heavy atom. The number of nitrogens with zero attached hydrogens (tertiary/aromatic N) is 5. The van der Waals surface area contributed by atoms with Gasteiger partial charge in [0.15, 0.2) is 11.5 Å². The third-order valence-electron chi connectivity index (χ3n) is 14.0. The maximum atomic E-state index is 14.4. The van der Waals surface area contributed by atoms with Gasteiger partial charge in [-0.3, -0.25) is 28.2 Å². The van der Waals surface area contributed by atoms with E-state index in [-0.39, 0.29) is 49.7 Å². The Morgan fingerprint density at radius 2 is 1.20 bits per heavy atom. The van der Waals surface area contributed by atoms with Gasteiger partial charge in [0.1, 0.15) is 41.5 Å². The van der Waals surface area contributed by atoms with E-state index in [1.165, 1.54) is 22.7 Å². The van der Waals surface area contributed by atoms with E-state index in [0.29, 0.717) is 83.5 Å². The SMILES string of the molecule is COc1ccc(COc2c3c(c(N(C)S(C)(=O)=O)c4cccnc24)CN(Cc2cc(Cl)ccc2O[Si](C)(C)C(C)(C)C)C3=O)cc1.COc1ccc(COc2c3c(c(N(C)S(C)(=O)=O)c4cccnc24)CNC3=O)cc1. The number of ether oxygens (including phenoxy) is 4. The predicted octanol–water partition coefficient (Wildman–Crippen LogP) is 9.87. The number of amides is 2. The molecule has 1 N–H and O–H groups in total. The number of benzene rings is 5. The first-order valence-corrected chi connectivity index (χ1v) is 31.1. The number of rotatable bonds is 16. The number of halogens is 1. The van der Waals surface area contributed by atoms with Crippen molar-refractivity contribution >= 4 is 85.0 Å². The van der Waals surface area contributed by atoms with Crippen molar-refractivity contribution < 1.29 is 49.8 Å². The molecule has 9 rings (SSSR count). The average Bonchev–Trinajstić information content (AvgIpc) is 3.94. The van der Waals surface area contributed by atoms with Gasteiger partial charge in [-0.25, -0.2) is 16.8 Å². The van der Waals surface area contributed by atoms with Crippen LogP contribution < -0.4 is 37.3 Å². The van der Waals surface area contributed by atoms with Crippen molar-refractivity contribution in [2.75, 3.05) is 49.4 Å². The Balaban J connectivity index is 0.000000220. The highest BCUT2D eigenvalue weighted by atomic mass is 35.5. The van der Waals surface area contributed by atoms with Crippen molar-refractivity contribution in [1.82, 2.24) is 20.2 Å². The van der Waals surface area contributed by atoms with E-state index >= 15 is 0 Å². The smallest absolute Gasteiger partial charge is 0.258 e. The van der Waals surface area contributed by atoms with Crippen LogP contribution in [0.5, 0.6) is 28.7 Å². The molecule has 2 aliphatic rings. The van der Waals surface area contributed by atoms with Crippen LogP contribution >= 0.6 is 11.6 Å². The van der Waals surface area contributed by atoms with Crippen LogP contribution in [0.15, 0.2) is 103 Å². The van der Waals surface area contributed by atoms with Crippen LogP contribution in [0.2, 0.25) is 23.2 Å². The van der Waals surface area contributed by atoms with Crippen molar-refractivity contribution in [2.24, 2.45) is 0 Å². The Morgan fingerprint density at radius 3 is 1.67 bits per heavy atom. The minimum absolute atomic E-state index is 0.0437. The maximum Gasteiger partial charge on any atom is 0.258 e. The molecular weight excluding hydrogens is 1050 g/mol. The Kier molecular flexibility index (Phi) is 15.6. The van der Waals surface area contributed by atoms with Gasteiger partial charge in [-0.1, -0.05) is 56.6 Å². The highest BCUT2D eigenvalue weighted by Gasteiger charge is 2.41. The summed E-state index contributed by atoms with van der Waals surface area (Å²) in [5, 5.41) is 4.43. The molecule has 21 heteroatoms. The normalized spacial score (nSPS) is 13.4. The number of sulfonamides is 2. The number of methoxy groups -OCH3 is 2. The summed E-state index contributed by atoms with van der Waals surface area (Å²) in [6, 6.07) is 27.4. The average molecular weight is 1110 g/mol. The Bertz CT molecular complexity index is 3620. The van der Waals surface area contributed by atoms with Gasteiger partial charge >= 0.3 is 0 Å². The molecule has 0 bridgehead atoms. The molecule has 2 amide bonds. The molecule has 400 valence electrons. The van der Waals surface area contributed by atoms with Gasteiger partial charge in [0.25, 0.3) is 11.8 Å². The van der Waals surface area contributed by atoms with Crippen LogP contribution in [-0.4, -0.2) is 92.7 Å². The predicted molar refractivity (Wildman–Crippen MR) is 299 cm³/mol. The molecule has 0 radical (unpaired) electrons. The first-order valence-electron chi connectivity index (χ1n) is 24.1. The number of nitrogens with one attached hydrogen (secondary N) is 1. The van der Waals surface area contributed by atoms with Crippen molar-refractivity contribution in [3.63, 3.8) is 0 Å². The van der Waals surface area contributed by atoms with Crippen molar-refractivity contribution in [3.8, 4) is 28.7 Å². The molecule has 4 heterocycles. The van der Waals surface area contributed by atoms with Gasteiger partial charge in [-0.2, -0.15) is 0 Å². The molecular formula is C55H61ClN6O11S2Si. The van der Waals surface area contributed by atoms with Crippen LogP contribution in [0, 0.1) is 0 Å². The molecule has 0 atom stereocenters. The summed E-state index contributed by atoms with van der Waals surface area (Å²) in [4.78, 5) is 37.7. The summed E-state index contributed by atoms with van der Waals surface area (Å²) in [7, 11) is -3.30. The minimum Gasteiger partial charge on any atom is -0.543 e. The first-order chi connectivity index (χ1) is 35.8.